The summed E-state index contributed by atoms with van der Waals surface area (Å²) in [7, 11) is 2.71. The second kappa shape index (κ2) is 7.64. The normalized spacial score (nSPS) is 10.2. The van der Waals surface area contributed by atoms with Gasteiger partial charge in [-0.25, -0.2) is 9.59 Å². The zero-order valence-corrected chi connectivity index (χ0v) is 14.2. The minimum absolute atomic E-state index is 0.362. The van der Waals surface area contributed by atoms with Crippen molar-refractivity contribution in [1.29, 1.82) is 0 Å². The van der Waals surface area contributed by atoms with Gasteiger partial charge >= 0.3 is 11.9 Å². The Kier molecular flexibility index (Phi) is 5.58. The molecule has 2 aromatic rings. The van der Waals surface area contributed by atoms with Crippen LogP contribution in [0.25, 0.3) is 0 Å². The molecule has 0 aliphatic rings. The van der Waals surface area contributed by atoms with E-state index in [2.05, 4.69) is 4.74 Å². The lowest BCUT2D eigenvalue weighted by Gasteiger charge is -2.14. The summed E-state index contributed by atoms with van der Waals surface area (Å²) in [5.41, 5.74) is 3.65. The SMILES string of the molecule is COC(=O)c1ccc(COc2c(C)cc(C(=O)OC)cc2C)cc1. The topological polar surface area (TPSA) is 61.8 Å². The fourth-order valence-electron chi connectivity index (χ4n) is 2.42. The number of carbonyl (C=O) groups excluding carboxylic acids is 2. The smallest absolute Gasteiger partial charge is 0.337 e. The first kappa shape index (κ1) is 17.5. The summed E-state index contributed by atoms with van der Waals surface area (Å²) in [6.45, 7) is 4.13. The van der Waals surface area contributed by atoms with Gasteiger partial charge in [0.1, 0.15) is 12.4 Å². The third kappa shape index (κ3) is 3.93. The van der Waals surface area contributed by atoms with Crippen LogP contribution in [0.1, 0.15) is 37.4 Å². The number of hydrogen-bond donors (Lipinski definition) is 0. The van der Waals surface area contributed by atoms with Crippen molar-refractivity contribution < 1.29 is 23.8 Å². The molecule has 0 aliphatic heterocycles. The molecule has 24 heavy (non-hydrogen) atoms. The molecular formula is C19H20O5. The fraction of sp³-hybridized carbons (Fsp3) is 0.263. The summed E-state index contributed by atoms with van der Waals surface area (Å²) in [6, 6.07) is 10.5. The van der Waals surface area contributed by atoms with Gasteiger partial charge in [-0.1, -0.05) is 12.1 Å². The molecule has 5 heteroatoms. The Labute approximate surface area is 141 Å². The van der Waals surface area contributed by atoms with Crippen LogP contribution >= 0.6 is 0 Å². The molecule has 0 radical (unpaired) electrons. The van der Waals surface area contributed by atoms with E-state index in [1.54, 1.807) is 24.3 Å². The Bertz CT molecular complexity index is 724. The number of rotatable bonds is 5. The third-order valence-electron chi connectivity index (χ3n) is 3.64. The van der Waals surface area contributed by atoms with E-state index in [-0.39, 0.29) is 11.9 Å². The van der Waals surface area contributed by atoms with Gasteiger partial charge in [0.15, 0.2) is 0 Å². The molecule has 0 aliphatic carbocycles. The van der Waals surface area contributed by atoms with E-state index in [9.17, 15) is 9.59 Å². The lowest BCUT2D eigenvalue weighted by Crippen LogP contribution is -2.05. The molecule has 0 aromatic heterocycles. The molecule has 0 bridgehead atoms. The fourth-order valence-corrected chi connectivity index (χ4v) is 2.42. The van der Waals surface area contributed by atoms with Gasteiger partial charge in [0.25, 0.3) is 0 Å². The maximum atomic E-state index is 11.6. The Hall–Kier alpha value is -2.82. The predicted octanol–water partition coefficient (Wildman–Crippen LogP) is 3.46. The maximum Gasteiger partial charge on any atom is 0.337 e. The van der Waals surface area contributed by atoms with Gasteiger partial charge in [0.2, 0.25) is 0 Å². The lowest BCUT2D eigenvalue weighted by molar-refractivity contribution is 0.0591. The number of hydrogen-bond acceptors (Lipinski definition) is 5. The van der Waals surface area contributed by atoms with Crippen molar-refractivity contribution in [1.82, 2.24) is 0 Å². The van der Waals surface area contributed by atoms with E-state index in [0.717, 1.165) is 22.4 Å². The van der Waals surface area contributed by atoms with Gasteiger partial charge < -0.3 is 14.2 Å². The Balaban J connectivity index is 2.12. The summed E-state index contributed by atoms with van der Waals surface area (Å²) in [6.07, 6.45) is 0. The van der Waals surface area contributed by atoms with Crippen LogP contribution in [0, 0.1) is 13.8 Å². The summed E-state index contributed by atoms with van der Waals surface area (Å²) < 4.78 is 15.3. The highest BCUT2D eigenvalue weighted by Crippen LogP contribution is 2.26. The van der Waals surface area contributed by atoms with Gasteiger partial charge in [0, 0.05) is 0 Å². The zero-order valence-electron chi connectivity index (χ0n) is 14.2. The Morgan fingerprint density at radius 3 is 1.83 bits per heavy atom. The van der Waals surface area contributed by atoms with Gasteiger partial charge in [-0.2, -0.15) is 0 Å². The number of aryl methyl sites for hydroxylation is 2. The van der Waals surface area contributed by atoms with E-state index < -0.39 is 0 Å². The van der Waals surface area contributed by atoms with E-state index in [1.165, 1.54) is 14.2 Å². The van der Waals surface area contributed by atoms with Crippen LogP contribution in [0.4, 0.5) is 0 Å². The largest absolute Gasteiger partial charge is 0.488 e. The van der Waals surface area contributed by atoms with Gasteiger partial charge in [-0.05, 0) is 54.8 Å². The summed E-state index contributed by atoms with van der Waals surface area (Å²) in [5.74, 6) is -0.00148. The molecule has 0 saturated carbocycles. The standard InChI is InChI=1S/C19H20O5/c1-12-9-16(19(21)23-4)10-13(2)17(12)24-11-14-5-7-15(8-6-14)18(20)22-3/h5-10H,11H2,1-4H3. The first-order valence-electron chi connectivity index (χ1n) is 7.46. The van der Waals surface area contributed by atoms with Crippen molar-refractivity contribution in [3.8, 4) is 5.75 Å². The van der Waals surface area contributed by atoms with Crippen LogP contribution in [-0.2, 0) is 16.1 Å². The average Bonchev–Trinajstić information content (AvgIpc) is 2.59. The molecule has 0 heterocycles. The van der Waals surface area contributed by atoms with Crippen molar-refractivity contribution >= 4 is 11.9 Å². The van der Waals surface area contributed by atoms with Crippen molar-refractivity contribution in [2.45, 2.75) is 20.5 Å². The Morgan fingerprint density at radius 2 is 1.33 bits per heavy atom. The monoisotopic (exact) mass is 328 g/mol. The minimum Gasteiger partial charge on any atom is -0.488 e. The first-order chi connectivity index (χ1) is 11.5. The van der Waals surface area contributed by atoms with Gasteiger partial charge in [0.05, 0.1) is 25.3 Å². The molecule has 5 nitrogen and oxygen atoms in total. The van der Waals surface area contributed by atoms with Gasteiger partial charge in [-0.15, -0.1) is 0 Å². The third-order valence-corrected chi connectivity index (χ3v) is 3.64. The molecule has 0 saturated heterocycles. The molecule has 0 N–H and O–H groups in total. The highest BCUT2D eigenvalue weighted by Gasteiger charge is 2.12. The van der Waals surface area contributed by atoms with Crippen molar-refractivity contribution in [2.24, 2.45) is 0 Å². The van der Waals surface area contributed by atoms with Crippen LogP contribution in [0.2, 0.25) is 0 Å². The van der Waals surface area contributed by atoms with Crippen LogP contribution < -0.4 is 4.74 Å². The van der Waals surface area contributed by atoms with Crippen LogP contribution in [0.15, 0.2) is 36.4 Å². The van der Waals surface area contributed by atoms with Crippen LogP contribution in [-0.4, -0.2) is 26.2 Å². The quantitative estimate of drug-likeness (QED) is 0.787. The van der Waals surface area contributed by atoms with E-state index in [1.807, 2.05) is 26.0 Å². The van der Waals surface area contributed by atoms with Crippen LogP contribution in [0.5, 0.6) is 5.75 Å². The summed E-state index contributed by atoms with van der Waals surface area (Å²) in [4.78, 5) is 23.0. The maximum absolute atomic E-state index is 11.6. The molecule has 0 amide bonds. The molecule has 0 unspecified atom stereocenters. The summed E-state index contributed by atoms with van der Waals surface area (Å²) >= 11 is 0. The lowest BCUT2D eigenvalue weighted by atomic mass is 10.1. The predicted molar refractivity (Wildman–Crippen MR) is 89.4 cm³/mol. The van der Waals surface area contributed by atoms with E-state index in [0.29, 0.717) is 17.7 Å². The van der Waals surface area contributed by atoms with E-state index >= 15 is 0 Å². The van der Waals surface area contributed by atoms with Crippen LogP contribution in [0.3, 0.4) is 0 Å². The zero-order chi connectivity index (χ0) is 17.7. The molecule has 2 aromatic carbocycles. The number of carbonyl (C=O) groups is 2. The highest BCUT2D eigenvalue weighted by atomic mass is 16.5. The number of methoxy groups -OCH3 is 2. The average molecular weight is 328 g/mol. The molecule has 0 spiro atoms. The molecule has 126 valence electrons. The first-order valence-corrected chi connectivity index (χ1v) is 7.46. The molecule has 0 atom stereocenters. The summed E-state index contributed by atoms with van der Waals surface area (Å²) in [5, 5.41) is 0. The second-order valence-corrected chi connectivity index (χ2v) is 5.41. The second-order valence-electron chi connectivity index (χ2n) is 5.41. The number of ether oxygens (including phenoxy) is 3. The molecule has 0 fully saturated rings. The number of benzene rings is 2. The van der Waals surface area contributed by atoms with Crippen molar-refractivity contribution in [3.63, 3.8) is 0 Å². The van der Waals surface area contributed by atoms with Crippen molar-refractivity contribution in [2.75, 3.05) is 14.2 Å². The van der Waals surface area contributed by atoms with E-state index in [4.69, 9.17) is 9.47 Å². The highest BCUT2D eigenvalue weighted by molar-refractivity contribution is 5.90. The molecule has 2 rings (SSSR count). The number of esters is 2. The van der Waals surface area contributed by atoms with Crippen molar-refractivity contribution in [3.05, 3.63) is 64.2 Å². The Morgan fingerprint density at radius 1 is 0.833 bits per heavy atom. The minimum atomic E-state index is -0.369. The van der Waals surface area contributed by atoms with Gasteiger partial charge in [-0.3, -0.25) is 0 Å². The molecular weight excluding hydrogens is 308 g/mol.